The number of piperidine rings is 1. The van der Waals surface area contributed by atoms with E-state index in [2.05, 4.69) is 16.3 Å². The number of carboxylic acids is 1. The second-order valence-corrected chi connectivity index (χ2v) is 7.19. The molecule has 1 saturated heterocycles. The number of rotatable bonds is 6. The van der Waals surface area contributed by atoms with Gasteiger partial charge in [-0.15, -0.1) is 0 Å². The van der Waals surface area contributed by atoms with Crippen LogP contribution in [0.2, 0.25) is 0 Å². The second kappa shape index (κ2) is 8.97. The highest BCUT2D eigenvalue weighted by molar-refractivity contribution is 6.04. The highest BCUT2D eigenvalue weighted by Gasteiger charge is 2.24. The van der Waals surface area contributed by atoms with Crippen molar-refractivity contribution in [3.05, 3.63) is 65.0 Å². The van der Waals surface area contributed by atoms with Gasteiger partial charge in [0.1, 0.15) is 5.82 Å². The third-order valence-electron chi connectivity index (χ3n) is 5.25. The zero-order valence-electron chi connectivity index (χ0n) is 16.0. The minimum atomic E-state index is -0.710. The average Bonchev–Trinajstić information content (AvgIpc) is 2.69. The van der Waals surface area contributed by atoms with Crippen molar-refractivity contribution in [3.63, 3.8) is 0 Å². The van der Waals surface area contributed by atoms with Crippen LogP contribution < -0.4 is 5.32 Å². The van der Waals surface area contributed by atoms with Crippen LogP contribution in [0, 0.1) is 11.7 Å². The molecule has 6 heteroatoms. The van der Waals surface area contributed by atoms with E-state index in [9.17, 15) is 14.0 Å². The Morgan fingerprint density at radius 2 is 1.82 bits per heavy atom. The fourth-order valence-corrected chi connectivity index (χ4v) is 3.54. The molecule has 148 valence electrons. The molecule has 0 saturated carbocycles. The number of carbonyl (C=O) groups is 2. The molecule has 2 aromatic carbocycles. The molecule has 1 heterocycles. The van der Waals surface area contributed by atoms with Gasteiger partial charge in [0.25, 0.3) is 5.91 Å². The molecular formula is C22H25FN2O3. The standard InChI is InChI=1S/C22H25FN2O3/c1-2-16-4-3-15(14-25-11-9-18(10-12-25)22(27)28)13-20(16)24-21(26)17-5-7-19(23)8-6-17/h3-8,13,18H,2,9-12,14H2,1H3,(H,24,26)(H,27,28). The second-order valence-electron chi connectivity index (χ2n) is 7.19. The quantitative estimate of drug-likeness (QED) is 0.792. The summed E-state index contributed by atoms with van der Waals surface area (Å²) in [7, 11) is 0. The maximum Gasteiger partial charge on any atom is 0.306 e. The summed E-state index contributed by atoms with van der Waals surface area (Å²) in [5.41, 5.74) is 3.27. The van der Waals surface area contributed by atoms with Gasteiger partial charge in [0, 0.05) is 17.8 Å². The van der Waals surface area contributed by atoms with E-state index in [1.807, 2.05) is 19.1 Å². The minimum Gasteiger partial charge on any atom is -0.481 e. The van der Waals surface area contributed by atoms with Gasteiger partial charge in [-0.3, -0.25) is 14.5 Å². The Morgan fingerprint density at radius 3 is 2.43 bits per heavy atom. The Bertz CT molecular complexity index is 843. The maximum atomic E-state index is 13.1. The van der Waals surface area contributed by atoms with Crippen LogP contribution in [0.3, 0.4) is 0 Å². The van der Waals surface area contributed by atoms with Crippen LogP contribution in [-0.2, 0) is 17.8 Å². The van der Waals surface area contributed by atoms with Crippen LogP contribution in [0.1, 0.15) is 41.3 Å². The average molecular weight is 384 g/mol. The summed E-state index contributed by atoms with van der Waals surface area (Å²) >= 11 is 0. The van der Waals surface area contributed by atoms with E-state index in [4.69, 9.17) is 5.11 Å². The number of anilines is 1. The first-order chi connectivity index (χ1) is 13.5. The Balaban J connectivity index is 1.69. The van der Waals surface area contributed by atoms with Gasteiger partial charge in [0.15, 0.2) is 0 Å². The molecule has 3 rings (SSSR count). The first kappa shape index (κ1) is 20.0. The van der Waals surface area contributed by atoms with Gasteiger partial charge in [-0.2, -0.15) is 0 Å². The molecule has 0 spiro atoms. The van der Waals surface area contributed by atoms with Crippen LogP contribution in [0.4, 0.5) is 10.1 Å². The lowest BCUT2D eigenvalue weighted by molar-refractivity contribution is -0.143. The van der Waals surface area contributed by atoms with Crippen molar-refractivity contribution in [1.82, 2.24) is 4.90 Å². The molecule has 1 aliphatic rings. The summed E-state index contributed by atoms with van der Waals surface area (Å²) in [6.07, 6.45) is 2.11. The summed E-state index contributed by atoms with van der Waals surface area (Å²) in [6.45, 7) is 4.25. The van der Waals surface area contributed by atoms with E-state index >= 15 is 0 Å². The third-order valence-corrected chi connectivity index (χ3v) is 5.25. The molecular weight excluding hydrogens is 359 g/mol. The first-order valence-corrected chi connectivity index (χ1v) is 9.60. The number of benzene rings is 2. The van der Waals surface area contributed by atoms with Gasteiger partial charge in [-0.25, -0.2) is 4.39 Å². The maximum absolute atomic E-state index is 13.1. The molecule has 0 atom stereocenters. The van der Waals surface area contributed by atoms with Crippen molar-refractivity contribution in [2.75, 3.05) is 18.4 Å². The van der Waals surface area contributed by atoms with Gasteiger partial charge in [0.05, 0.1) is 5.92 Å². The lowest BCUT2D eigenvalue weighted by atomic mass is 9.96. The van der Waals surface area contributed by atoms with E-state index in [1.165, 1.54) is 24.3 Å². The summed E-state index contributed by atoms with van der Waals surface area (Å²) in [4.78, 5) is 25.8. The van der Waals surface area contributed by atoms with Crippen LogP contribution in [0.25, 0.3) is 0 Å². The van der Waals surface area contributed by atoms with E-state index in [0.717, 1.165) is 42.9 Å². The number of carboxylic acid groups (broad SMARTS) is 1. The largest absolute Gasteiger partial charge is 0.481 e. The molecule has 5 nitrogen and oxygen atoms in total. The monoisotopic (exact) mass is 384 g/mol. The normalized spacial score (nSPS) is 15.4. The summed E-state index contributed by atoms with van der Waals surface area (Å²) in [6, 6.07) is 11.5. The fraction of sp³-hybridized carbons (Fsp3) is 0.364. The number of likely N-dealkylation sites (tertiary alicyclic amines) is 1. The van der Waals surface area contributed by atoms with Gasteiger partial charge in [-0.1, -0.05) is 19.1 Å². The molecule has 0 aromatic heterocycles. The molecule has 1 fully saturated rings. The van der Waals surface area contributed by atoms with Gasteiger partial charge >= 0.3 is 5.97 Å². The molecule has 28 heavy (non-hydrogen) atoms. The Labute approximate surface area is 164 Å². The fourth-order valence-electron chi connectivity index (χ4n) is 3.54. The highest BCUT2D eigenvalue weighted by Crippen LogP contribution is 2.23. The number of carbonyl (C=O) groups excluding carboxylic acids is 1. The summed E-state index contributed by atoms with van der Waals surface area (Å²) in [5.74, 6) is -1.60. The van der Waals surface area contributed by atoms with Crippen LogP contribution in [0.15, 0.2) is 42.5 Å². The predicted octanol–water partition coefficient (Wildman–Crippen LogP) is 3.94. The first-order valence-electron chi connectivity index (χ1n) is 9.60. The zero-order valence-corrected chi connectivity index (χ0v) is 16.0. The molecule has 0 radical (unpaired) electrons. The van der Waals surface area contributed by atoms with Crippen molar-refractivity contribution in [2.24, 2.45) is 5.92 Å². The lowest BCUT2D eigenvalue weighted by Gasteiger charge is -2.30. The topological polar surface area (TPSA) is 69.6 Å². The number of aryl methyl sites for hydroxylation is 1. The van der Waals surface area contributed by atoms with Gasteiger partial charge < -0.3 is 10.4 Å². The Hall–Kier alpha value is -2.73. The number of nitrogens with one attached hydrogen (secondary N) is 1. The number of hydrogen-bond acceptors (Lipinski definition) is 3. The van der Waals surface area contributed by atoms with Gasteiger partial charge in [0.2, 0.25) is 0 Å². The lowest BCUT2D eigenvalue weighted by Crippen LogP contribution is -2.35. The number of halogens is 1. The van der Waals surface area contributed by atoms with Crippen LogP contribution in [-0.4, -0.2) is 35.0 Å². The van der Waals surface area contributed by atoms with Crippen LogP contribution in [0.5, 0.6) is 0 Å². The van der Waals surface area contributed by atoms with E-state index in [-0.39, 0.29) is 17.6 Å². The molecule has 0 unspecified atom stereocenters. The number of hydrogen-bond donors (Lipinski definition) is 2. The summed E-state index contributed by atoms with van der Waals surface area (Å²) < 4.78 is 13.1. The van der Waals surface area contributed by atoms with E-state index in [0.29, 0.717) is 18.4 Å². The van der Waals surface area contributed by atoms with Crippen molar-refractivity contribution in [1.29, 1.82) is 0 Å². The number of aliphatic carboxylic acids is 1. The SMILES string of the molecule is CCc1ccc(CN2CCC(C(=O)O)CC2)cc1NC(=O)c1ccc(F)cc1. The Kier molecular flexibility index (Phi) is 6.41. The molecule has 1 aliphatic heterocycles. The minimum absolute atomic E-state index is 0.246. The van der Waals surface area contributed by atoms with Crippen molar-refractivity contribution >= 4 is 17.6 Å². The van der Waals surface area contributed by atoms with Crippen molar-refractivity contribution in [3.8, 4) is 0 Å². The summed E-state index contributed by atoms with van der Waals surface area (Å²) in [5, 5.41) is 12.1. The number of amides is 1. The molecule has 0 bridgehead atoms. The van der Waals surface area contributed by atoms with Crippen LogP contribution >= 0.6 is 0 Å². The smallest absolute Gasteiger partial charge is 0.306 e. The Morgan fingerprint density at radius 1 is 1.14 bits per heavy atom. The molecule has 1 amide bonds. The molecule has 2 aromatic rings. The molecule has 2 N–H and O–H groups in total. The third kappa shape index (κ3) is 4.95. The van der Waals surface area contributed by atoms with E-state index in [1.54, 1.807) is 0 Å². The van der Waals surface area contributed by atoms with Gasteiger partial charge in [-0.05, 0) is 73.8 Å². The predicted molar refractivity (Wildman–Crippen MR) is 106 cm³/mol. The van der Waals surface area contributed by atoms with Crippen molar-refractivity contribution in [2.45, 2.75) is 32.7 Å². The van der Waals surface area contributed by atoms with E-state index < -0.39 is 5.97 Å². The zero-order chi connectivity index (χ0) is 20.1. The highest BCUT2D eigenvalue weighted by atomic mass is 19.1. The number of nitrogens with zero attached hydrogens (tertiary/aromatic N) is 1. The molecule has 0 aliphatic carbocycles. The van der Waals surface area contributed by atoms with Crippen molar-refractivity contribution < 1.29 is 19.1 Å².